The Kier molecular flexibility index (Phi) is 5.03. The summed E-state index contributed by atoms with van der Waals surface area (Å²) in [6.45, 7) is 3.63. The van der Waals surface area contributed by atoms with E-state index in [0.717, 1.165) is 11.1 Å². The molecule has 0 atom stereocenters. The predicted molar refractivity (Wildman–Crippen MR) is 103 cm³/mol. The molecule has 2 heterocycles. The van der Waals surface area contributed by atoms with Crippen LogP contribution in [-0.4, -0.2) is 39.7 Å². The van der Waals surface area contributed by atoms with E-state index >= 15 is 0 Å². The van der Waals surface area contributed by atoms with Crippen LogP contribution in [0.4, 0.5) is 5.69 Å². The first-order valence-electron chi connectivity index (χ1n) is 8.45. The van der Waals surface area contributed by atoms with Crippen LogP contribution in [-0.2, 0) is 4.79 Å². The van der Waals surface area contributed by atoms with Gasteiger partial charge in [0.05, 0.1) is 6.54 Å². The van der Waals surface area contributed by atoms with Crippen molar-refractivity contribution in [2.24, 2.45) is 0 Å². The second kappa shape index (κ2) is 7.41. The maximum absolute atomic E-state index is 12.6. The van der Waals surface area contributed by atoms with Crippen LogP contribution in [0, 0.1) is 13.8 Å². The lowest BCUT2D eigenvalue weighted by atomic mass is 10.2. The van der Waals surface area contributed by atoms with Crippen LogP contribution in [0.15, 0.2) is 53.6 Å². The molecule has 0 saturated carbocycles. The van der Waals surface area contributed by atoms with Crippen LogP contribution in [0.3, 0.4) is 0 Å². The molecular weight excluding hydrogens is 344 g/mol. The molecule has 27 heavy (non-hydrogen) atoms. The molecule has 3 aromatic rings. The maximum atomic E-state index is 12.6. The minimum atomic E-state index is -0.553. The Balaban J connectivity index is 1.76. The number of nitrogens with one attached hydrogen (secondary N) is 1. The summed E-state index contributed by atoms with van der Waals surface area (Å²) in [6, 6.07) is 10.9. The number of aryl methyl sites for hydroxylation is 2. The second-order valence-electron chi connectivity index (χ2n) is 6.49. The summed E-state index contributed by atoms with van der Waals surface area (Å²) in [5, 5.41) is 2.73. The molecule has 0 unspecified atom stereocenters. The van der Waals surface area contributed by atoms with Crippen LogP contribution in [0.25, 0.3) is 5.65 Å². The Hall–Kier alpha value is -3.48. The van der Waals surface area contributed by atoms with E-state index in [1.807, 2.05) is 32.0 Å². The van der Waals surface area contributed by atoms with Crippen molar-refractivity contribution in [2.75, 3.05) is 18.9 Å². The molecule has 0 aliphatic carbocycles. The minimum absolute atomic E-state index is 0.0799. The molecule has 3 rings (SSSR count). The van der Waals surface area contributed by atoms with Crippen molar-refractivity contribution >= 4 is 23.1 Å². The minimum Gasteiger partial charge on any atom is -0.332 e. The molecule has 7 heteroatoms. The van der Waals surface area contributed by atoms with Crippen molar-refractivity contribution in [1.29, 1.82) is 0 Å². The molecule has 0 aliphatic rings. The van der Waals surface area contributed by atoms with Gasteiger partial charge < -0.3 is 10.2 Å². The van der Waals surface area contributed by atoms with Gasteiger partial charge in [-0.2, -0.15) is 0 Å². The van der Waals surface area contributed by atoms with E-state index in [-0.39, 0.29) is 18.0 Å². The van der Waals surface area contributed by atoms with Crippen LogP contribution in [0.5, 0.6) is 0 Å². The molecule has 0 bridgehead atoms. The lowest BCUT2D eigenvalue weighted by Gasteiger charge is -2.16. The van der Waals surface area contributed by atoms with Gasteiger partial charge in [-0.05, 0) is 37.6 Å². The quantitative estimate of drug-likeness (QED) is 0.768. The molecule has 0 fully saturated rings. The molecule has 0 radical (unpaired) electrons. The number of carbonyl (C=O) groups excluding carboxylic acids is 2. The average molecular weight is 364 g/mol. The Morgan fingerprint density at radius 1 is 1.07 bits per heavy atom. The van der Waals surface area contributed by atoms with Crippen LogP contribution < -0.4 is 10.9 Å². The number of fused-ring (bicyclic) bond motifs is 1. The molecule has 7 nitrogen and oxygen atoms in total. The highest BCUT2D eigenvalue weighted by atomic mass is 16.2. The van der Waals surface area contributed by atoms with Crippen molar-refractivity contribution in [1.82, 2.24) is 14.3 Å². The molecule has 0 saturated heterocycles. The average Bonchev–Trinajstić information content (AvgIpc) is 2.64. The monoisotopic (exact) mass is 364 g/mol. The van der Waals surface area contributed by atoms with E-state index in [0.29, 0.717) is 11.3 Å². The van der Waals surface area contributed by atoms with Gasteiger partial charge in [0, 0.05) is 25.1 Å². The van der Waals surface area contributed by atoms with E-state index in [9.17, 15) is 14.4 Å². The first kappa shape index (κ1) is 18.3. The highest BCUT2D eigenvalue weighted by molar-refractivity contribution is 5.99. The van der Waals surface area contributed by atoms with Gasteiger partial charge in [0.25, 0.3) is 11.5 Å². The van der Waals surface area contributed by atoms with E-state index in [2.05, 4.69) is 10.3 Å². The Labute approximate surface area is 156 Å². The lowest BCUT2D eigenvalue weighted by molar-refractivity contribution is -0.116. The zero-order valence-corrected chi connectivity index (χ0v) is 15.4. The largest absolute Gasteiger partial charge is 0.332 e. The number of hydrogen-bond acceptors (Lipinski definition) is 4. The van der Waals surface area contributed by atoms with Gasteiger partial charge >= 0.3 is 0 Å². The third-order valence-electron chi connectivity index (χ3n) is 4.14. The fourth-order valence-corrected chi connectivity index (χ4v) is 2.66. The van der Waals surface area contributed by atoms with Gasteiger partial charge in [0.1, 0.15) is 11.2 Å². The first-order valence-corrected chi connectivity index (χ1v) is 8.45. The number of nitrogens with zero attached hydrogens (tertiary/aromatic N) is 3. The molecular formula is C20H20N4O3. The summed E-state index contributed by atoms with van der Waals surface area (Å²) < 4.78 is 1.34. The van der Waals surface area contributed by atoms with Crippen molar-refractivity contribution in [3.05, 3.63) is 75.8 Å². The molecule has 0 aliphatic heterocycles. The van der Waals surface area contributed by atoms with Crippen molar-refractivity contribution in [3.8, 4) is 0 Å². The topological polar surface area (TPSA) is 83.8 Å². The third-order valence-corrected chi connectivity index (χ3v) is 4.14. The molecule has 1 N–H and O–H groups in total. The van der Waals surface area contributed by atoms with Gasteiger partial charge in [-0.25, -0.2) is 4.98 Å². The van der Waals surface area contributed by atoms with Gasteiger partial charge in [-0.1, -0.05) is 23.8 Å². The highest BCUT2D eigenvalue weighted by Crippen LogP contribution is 2.09. The van der Waals surface area contributed by atoms with E-state index in [1.54, 1.807) is 24.4 Å². The van der Waals surface area contributed by atoms with Gasteiger partial charge in [0.2, 0.25) is 5.91 Å². The van der Waals surface area contributed by atoms with E-state index in [1.165, 1.54) is 22.5 Å². The number of pyridine rings is 1. The number of anilines is 1. The van der Waals surface area contributed by atoms with Crippen LogP contribution in [0.2, 0.25) is 0 Å². The lowest BCUT2D eigenvalue weighted by Crippen LogP contribution is -2.38. The van der Waals surface area contributed by atoms with Crippen molar-refractivity contribution in [2.45, 2.75) is 13.8 Å². The van der Waals surface area contributed by atoms with Gasteiger partial charge in [-0.15, -0.1) is 0 Å². The zero-order valence-electron chi connectivity index (χ0n) is 15.4. The van der Waals surface area contributed by atoms with E-state index < -0.39 is 11.5 Å². The molecule has 2 aromatic heterocycles. The number of aromatic nitrogens is 2. The molecule has 0 spiro atoms. The summed E-state index contributed by atoms with van der Waals surface area (Å²) in [5.74, 6) is -0.901. The van der Waals surface area contributed by atoms with E-state index in [4.69, 9.17) is 0 Å². The normalized spacial score (nSPS) is 10.6. The number of hydrogen-bond donors (Lipinski definition) is 1. The summed E-state index contributed by atoms with van der Waals surface area (Å²) in [6.07, 6.45) is 2.88. The number of benzene rings is 1. The summed E-state index contributed by atoms with van der Waals surface area (Å²) in [7, 11) is 1.47. The number of rotatable bonds is 4. The highest BCUT2D eigenvalue weighted by Gasteiger charge is 2.19. The number of carbonyl (C=O) groups is 2. The Morgan fingerprint density at radius 3 is 2.44 bits per heavy atom. The second-order valence-corrected chi connectivity index (χ2v) is 6.49. The molecule has 138 valence electrons. The van der Waals surface area contributed by atoms with Crippen LogP contribution in [0.1, 0.15) is 21.5 Å². The summed E-state index contributed by atoms with van der Waals surface area (Å²) >= 11 is 0. The summed E-state index contributed by atoms with van der Waals surface area (Å²) in [5.41, 5.74) is 2.53. The Morgan fingerprint density at radius 2 is 1.74 bits per heavy atom. The fourth-order valence-electron chi connectivity index (χ4n) is 2.66. The number of likely N-dealkylation sites (N-methyl/N-ethyl adjacent to an activating group) is 1. The van der Waals surface area contributed by atoms with Crippen LogP contribution >= 0.6 is 0 Å². The Bertz CT molecular complexity index is 1070. The molecule has 2 amide bonds. The zero-order chi connectivity index (χ0) is 19.6. The van der Waals surface area contributed by atoms with Crippen molar-refractivity contribution < 1.29 is 9.59 Å². The van der Waals surface area contributed by atoms with Gasteiger partial charge in [0.15, 0.2) is 0 Å². The summed E-state index contributed by atoms with van der Waals surface area (Å²) in [4.78, 5) is 42.8. The fraction of sp³-hybridized carbons (Fsp3) is 0.200. The predicted octanol–water partition coefficient (Wildman–Crippen LogP) is 2.02. The first-order chi connectivity index (χ1) is 12.8. The third kappa shape index (κ3) is 4.03. The maximum Gasteiger partial charge on any atom is 0.270 e. The standard InChI is InChI=1S/C20H20N4O3/c1-13-4-7-15(8-5-13)22-18(25)12-23(3)19(26)16-10-21-17-9-6-14(2)11-24(17)20(16)27/h4-11H,12H2,1-3H3,(H,22,25). The van der Waals surface area contributed by atoms with Gasteiger partial charge in [-0.3, -0.25) is 18.8 Å². The molecule has 1 aromatic carbocycles. The SMILES string of the molecule is Cc1ccc(NC(=O)CN(C)C(=O)c2cnc3ccc(C)cn3c2=O)cc1. The smallest absolute Gasteiger partial charge is 0.270 e. The number of amides is 2. The van der Waals surface area contributed by atoms with Crippen molar-refractivity contribution in [3.63, 3.8) is 0 Å².